The molecule has 25 heavy (non-hydrogen) atoms. The van der Waals surface area contributed by atoms with Crippen LogP contribution in [-0.4, -0.2) is 40.1 Å². The van der Waals surface area contributed by atoms with Gasteiger partial charge in [-0.25, -0.2) is 0 Å². The van der Waals surface area contributed by atoms with Crippen molar-refractivity contribution >= 4 is 5.91 Å². The Morgan fingerprint density at radius 1 is 1.48 bits per heavy atom. The van der Waals surface area contributed by atoms with Gasteiger partial charge in [0, 0.05) is 38.0 Å². The molecule has 0 fully saturated rings. The third-order valence-electron chi connectivity index (χ3n) is 4.60. The molecule has 0 spiro atoms. The summed E-state index contributed by atoms with van der Waals surface area (Å²) in [6.45, 7) is 5.53. The van der Waals surface area contributed by atoms with Crippen LogP contribution >= 0.6 is 0 Å². The molecule has 2 aromatic heterocycles. The van der Waals surface area contributed by atoms with Crippen molar-refractivity contribution in [3.8, 4) is 0 Å². The molecule has 3 heterocycles. The summed E-state index contributed by atoms with van der Waals surface area (Å²) < 4.78 is 14.8. The maximum atomic E-state index is 12.9. The number of fused-ring (bicyclic) bond motifs is 1. The highest BCUT2D eigenvalue weighted by atomic mass is 16.5. The van der Waals surface area contributed by atoms with E-state index in [0.717, 1.165) is 17.0 Å². The van der Waals surface area contributed by atoms with Crippen molar-refractivity contribution in [3.63, 3.8) is 0 Å². The minimum atomic E-state index is -0.109. The van der Waals surface area contributed by atoms with E-state index in [0.29, 0.717) is 31.8 Å². The second-order valence-electron chi connectivity index (χ2n) is 6.51. The molecule has 7 heteroatoms. The van der Waals surface area contributed by atoms with E-state index in [2.05, 4.69) is 10.4 Å². The van der Waals surface area contributed by atoms with Crippen LogP contribution in [0.2, 0.25) is 0 Å². The molecule has 0 bridgehead atoms. The summed E-state index contributed by atoms with van der Waals surface area (Å²) in [4.78, 5) is 12.9. The highest BCUT2D eigenvalue weighted by Crippen LogP contribution is 2.31. The van der Waals surface area contributed by atoms with Crippen LogP contribution in [0, 0.1) is 0 Å². The van der Waals surface area contributed by atoms with E-state index in [-0.39, 0.29) is 18.1 Å². The maximum absolute atomic E-state index is 12.9. The second kappa shape index (κ2) is 7.41. The third-order valence-corrected chi connectivity index (χ3v) is 4.60. The molecule has 3 rings (SSSR count). The standard InChI is InChI=1S/C18H26N4O3/c1-12-10-15-16(13(2)25-12)20-22(8-9-24-4)17(15)18(23)19-11-14-6-5-7-21(14)3/h5-7,12-13H,8-11H2,1-4H3,(H,19,23)/t12-,13+/m0/s1. The van der Waals surface area contributed by atoms with Crippen molar-refractivity contribution in [1.82, 2.24) is 19.7 Å². The Morgan fingerprint density at radius 3 is 2.96 bits per heavy atom. The van der Waals surface area contributed by atoms with Gasteiger partial charge in [-0.2, -0.15) is 5.10 Å². The molecular formula is C18H26N4O3. The van der Waals surface area contributed by atoms with Crippen LogP contribution < -0.4 is 5.32 Å². The number of carbonyl (C=O) groups is 1. The average Bonchev–Trinajstić information content (AvgIpc) is 3.14. The molecule has 0 aromatic carbocycles. The van der Waals surface area contributed by atoms with Gasteiger partial charge in [0.05, 0.1) is 37.6 Å². The Balaban J connectivity index is 1.87. The first-order chi connectivity index (χ1) is 12.0. The van der Waals surface area contributed by atoms with E-state index in [4.69, 9.17) is 9.47 Å². The number of hydrogen-bond donors (Lipinski definition) is 1. The lowest BCUT2D eigenvalue weighted by Crippen LogP contribution is -2.29. The molecule has 2 aromatic rings. The van der Waals surface area contributed by atoms with E-state index in [1.807, 2.05) is 43.8 Å². The van der Waals surface area contributed by atoms with E-state index >= 15 is 0 Å². The largest absolute Gasteiger partial charge is 0.383 e. The highest BCUT2D eigenvalue weighted by molar-refractivity contribution is 5.94. The number of rotatable bonds is 6. The van der Waals surface area contributed by atoms with E-state index < -0.39 is 0 Å². The SMILES string of the molecule is COCCn1nc2c(c1C(=O)NCc1cccn1C)C[C@H](C)O[C@@H]2C. The zero-order valence-corrected chi connectivity index (χ0v) is 15.3. The molecule has 136 valence electrons. The number of aromatic nitrogens is 3. The number of nitrogens with one attached hydrogen (secondary N) is 1. The van der Waals surface area contributed by atoms with Gasteiger partial charge in [0.25, 0.3) is 5.91 Å². The number of hydrogen-bond acceptors (Lipinski definition) is 4. The van der Waals surface area contributed by atoms with Crippen LogP contribution in [0.1, 0.15) is 47.4 Å². The summed E-state index contributed by atoms with van der Waals surface area (Å²) in [6.07, 6.45) is 2.62. The Kier molecular flexibility index (Phi) is 5.24. The average molecular weight is 346 g/mol. The lowest BCUT2D eigenvalue weighted by atomic mass is 9.99. The number of nitrogens with zero attached hydrogens (tertiary/aromatic N) is 3. The Hall–Kier alpha value is -2.12. The molecule has 0 radical (unpaired) electrons. The van der Waals surface area contributed by atoms with E-state index in [1.54, 1.807) is 11.8 Å². The molecule has 2 atom stereocenters. The van der Waals surface area contributed by atoms with Gasteiger partial charge in [-0.05, 0) is 26.0 Å². The van der Waals surface area contributed by atoms with Crippen LogP contribution in [0.3, 0.4) is 0 Å². The number of methoxy groups -OCH3 is 1. The lowest BCUT2D eigenvalue weighted by Gasteiger charge is -2.24. The summed E-state index contributed by atoms with van der Waals surface area (Å²) in [5, 5.41) is 7.66. The van der Waals surface area contributed by atoms with Crippen molar-refractivity contribution in [2.75, 3.05) is 13.7 Å². The van der Waals surface area contributed by atoms with Crippen molar-refractivity contribution in [2.24, 2.45) is 7.05 Å². The highest BCUT2D eigenvalue weighted by Gasteiger charge is 2.32. The number of ether oxygens (including phenoxy) is 2. The normalized spacial score (nSPS) is 19.7. The quantitative estimate of drug-likeness (QED) is 0.866. The first-order valence-corrected chi connectivity index (χ1v) is 8.63. The Bertz CT molecular complexity index is 750. The van der Waals surface area contributed by atoms with Gasteiger partial charge in [0.15, 0.2) is 0 Å². The van der Waals surface area contributed by atoms with Crippen molar-refractivity contribution < 1.29 is 14.3 Å². The molecule has 1 aliphatic heterocycles. The smallest absolute Gasteiger partial charge is 0.270 e. The monoisotopic (exact) mass is 346 g/mol. The van der Waals surface area contributed by atoms with Gasteiger partial charge in [-0.1, -0.05) is 0 Å². The number of amides is 1. The number of aryl methyl sites for hydroxylation is 1. The van der Waals surface area contributed by atoms with Crippen molar-refractivity contribution in [2.45, 2.75) is 45.6 Å². The predicted octanol–water partition coefficient (Wildman–Crippen LogP) is 1.82. The van der Waals surface area contributed by atoms with Crippen LogP contribution in [0.25, 0.3) is 0 Å². The minimum absolute atomic E-state index is 0.0713. The first kappa shape index (κ1) is 17.7. The van der Waals surface area contributed by atoms with Gasteiger partial charge < -0.3 is 19.4 Å². The van der Waals surface area contributed by atoms with Gasteiger partial charge in [-0.3, -0.25) is 9.48 Å². The topological polar surface area (TPSA) is 70.3 Å². The molecule has 0 saturated carbocycles. The molecule has 0 unspecified atom stereocenters. The van der Waals surface area contributed by atoms with Gasteiger partial charge in [-0.15, -0.1) is 0 Å². The summed E-state index contributed by atoms with van der Waals surface area (Å²) in [5.41, 5.74) is 3.53. The zero-order valence-electron chi connectivity index (χ0n) is 15.3. The van der Waals surface area contributed by atoms with Gasteiger partial charge in [0.2, 0.25) is 0 Å². The zero-order chi connectivity index (χ0) is 18.0. The first-order valence-electron chi connectivity index (χ1n) is 8.63. The minimum Gasteiger partial charge on any atom is -0.383 e. The van der Waals surface area contributed by atoms with Crippen LogP contribution in [0.4, 0.5) is 0 Å². The molecule has 1 amide bonds. The molecule has 7 nitrogen and oxygen atoms in total. The Labute approximate surface area is 147 Å². The fraction of sp³-hybridized carbons (Fsp3) is 0.556. The molecule has 1 N–H and O–H groups in total. The van der Waals surface area contributed by atoms with Crippen LogP contribution in [0.15, 0.2) is 18.3 Å². The lowest BCUT2D eigenvalue weighted by molar-refractivity contribution is -0.00716. The molecule has 1 aliphatic rings. The summed E-state index contributed by atoms with van der Waals surface area (Å²) in [7, 11) is 3.61. The van der Waals surface area contributed by atoms with Crippen LogP contribution in [0.5, 0.6) is 0 Å². The fourth-order valence-corrected chi connectivity index (χ4v) is 3.32. The summed E-state index contributed by atoms with van der Waals surface area (Å²) >= 11 is 0. The van der Waals surface area contributed by atoms with Crippen LogP contribution in [-0.2, 0) is 36.0 Å². The van der Waals surface area contributed by atoms with Crippen molar-refractivity contribution in [1.29, 1.82) is 0 Å². The fourth-order valence-electron chi connectivity index (χ4n) is 3.32. The predicted molar refractivity (Wildman–Crippen MR) is 93.4 cm³/mol. The number of carbonyl (C=O) groups excluding carboxylic acids is 1. The summed E-state index contributed by atoms with van der Waals surface area (Å²) in [6, 6.07) is 3.96. The van der Waals surface area contributed by atoms with E-state index in [9.17, 15) is 4.79 Å². The van der Waals surface area contributed by atoms with Crippen molar-refractivity contribution in [3.05, 3.63) is 41.0 Å². The van der Waals surface area contributed by atoms with Gasteiger partial charge >= 0.3 is 0 Å². The molecular weight excluding hydrogens is 320 g/mol. The Morgan fingerprint density at radius 2 is 2.28 bits per heavy atom. The van der Waals surface area contributed by atoms with E-state index in [1.165, 1.54) is 0 Å². The molecule has 0 saturated heterocycles. The maximum Gasteiger partial charge on any atom is 0.270 e. The molecule has 0 aliphatic carbocycles. The summed E-state index contributed by atoms with van der Waals surface area (Å²) in [5.74, 6) is -0.104. The third kappa shape index (κ3) is 3.62. The van der Waals surface area contributed by atoms with Gasteiger partial charge in [0.1, 0.15) is 5.69 Å². The second-order valence-corrected chi connectivity index (χ2v) is 6.51.